The maximum atomic E-state index is 5.95. The summed E-state index contributed by atoms with van der Waals surface area (Å²) in [6.45, 7) is 2.04. The molecule has 0 bridgehead atoms. The summed E-state index contributed by atoms with van der Waals surface area (Å²) in [5.74, 6) is 0.806. The monoisotopic (exact) mass is 233 g/mol. The van der Waals surface area contributed by atoms with Crippen molar-refractivity contribution in [3.8, 4) is 17.0 Å². The van der Waals surface area contributed by atoms with E-state index in [1.807, 2.05) is 31.2 Å². The number of rotatable bonds is 2. The van der Waals surface area contributed by atoms with Crippen LogP contribution in [0.25, 0.3) is 11.3 Å². The van der Waals surface area contributed by atoms with Gasteiger partial charge in [0.15, 0.2) is 0 Å². The van der Waals surface area contributed by atoms with Crippen molar-refractivity contribution in [3.63, 3.8) is 0 Å². The molecule has 1 aromatic heterocycles. The first-order valence-corrected chi connectivity index (χ1v) is 5.35. The number of aryl methyl sites for hydroxylation is 1. The maximum absolute atomic E-state index is 5.95. The Labute approximate surface area is 99.9 Å². The molecule has 0 saturated carbocycles. The number of hydrogen-bond acceptors (Lipinski definition) is 2. The van der Waals surface area contributed by atoms with Crippen molar-refractivity contribution in [1.82, 2.24) is 4.98 Å². The van der Waals surface area contributed by atoms with Gasteiger partial charge in [-0.15, -0.1) is 0 Å². The Bertz CT molecular complexity index is 511. The van der Waals surface area contributed by atoms with Gasteiger partial charge < -0.3 is 4.74 Å². The Morgan fingerprint density at radius 1 is 1.19 bits per heavy atom. The fraction of sp³-hybridized carbons (Fsp3) is 0.154. The van der Waals surface area contributed by atoms with Gasteiger partial charge in [-0.25, -0.2) is 0 Å². The first-order chi connectivity index (χ1) is 7.70. The summed E-state index contributed by atoms with van der Waals surface area (Å²) < 4.78 is 5.31. The zero-order valence-electron chi connectivity index (χ0n) is 9.20. The number of nitrogens with zero attached hydrogens (tertiary/aromatic N) is 1. The van der Waals surface area contributed by atoms with Crippen molar-refractivity contribution in [2.75, 3.05) is 7.11 Å². The molecule has 0 spiro atoms. The zero-order valence-corrected chi connectivity index (χ0v) is 9.95. The Morgan fingerprint density at radius 2 is 2.00 bits per heavy atom. The van der Waals surface area contributed by atoms with Crippen molar-refractivity contribution in [3.05, 3.63) is 47.1 Å². The van der Waals surface area contributed by atoms with E-state index in [0.29, 0.717) is 5.02 Å². The molecule has 0 saturated heterocycles. The third kappa shape index (κ3) is 2.17. The Kier molecular flexibility index (Phi) is 3.11. The Balaban J connectivity index is 2.58. The standard InChI is InChI=1S/C13H12ClNO/c1-9-3-4-13(16-2)11(7-9)12-8-10(14)5-6-15-12/h3-8H,1-2H3. The first kappa shape index (κ1) is 11.0. The van der Waals surface area contributed by atoms with Crippen LogP contribution in [-0.4, -0.2) is 12.1 Å². The summed E-state index contributed by atoms with van der Waals surface area (Å²) >= 11 is 5.95. The number of hydrogen-bond donors (Lipinski definition) is 0. The van der Waals surface area contributed by atoms with E-state index >= 15 is 0 Å². The van der Waals surface area contributed by atoms with Crippen molar-refractivity contribution in [1.29, 1.82) is 0 Å². The summed E-state index contributed by atoms with van der Waals surface area (Å²) in [4.78, 5) is 4.30. The molecule has 16 heavy (non-hydrogen) atoms. The van der Waals surface area contributed by atoms with Crippen LogP contribution in [0.15, 0.2) is 36.5 Å². The van der Waals surface area contributed by atoms with Gasteiger partial charge in [0.1, 0.15) is 5.75 Å². The van der Waals surface area contributed by atoms with Crippen LogP contribution < -0.4 is 4.74 Å². The van der Waals surface area contributed by atoms with E-state index in [4.69, 9.17) is 16.3 Å². The van der Waals surface area contributed by atoms with Crippen LogP contribution >= 0.6 is 11.6 Å². The summed E-state index contributed by atoms with van der Waals surface area (Å²) in [5.41, 5.74) is 2.95. The third-order valence-electron chi connectivity index (χ3n) is 2.35. The lowest BCUT2D eigenvalue weighted by Crippen LogP contribution is -1.90. The molecule has 0 aliphatic carbocycles. The van der Waals surface area contributed by atoms with Gasteiger partial charge in [0.05, 0.1) is 12.8 Å². The molecule has 0 radical (unpaired) electrons. The van der Waals surface area contributed by atoms with E-state index in [0.717, 1.165) is 22.6 Å². The highest BCUT2D eigenvalue weighted by atomic mass is 35.5. The first-order valence-electron chi connectivity index (χ1n) is 4.97. The minimum atomic E-state index is 0.675. The third-order valence-corrected chi connectivity index (χ3v) is 2.59. The average Bonchev–Trinajstić information content (AvgIpc) is 2.29. The van der Waals surface area contributed by atoms with E-state index in [-0.39, 0.29) is 0 Å². The molecule has 0 aliphatic heterocycles. The van der Waals surface area contributed by atoms with Gasteiger partial charge in [-0.2, -0.15) is 0 Å². The number of ether oxygens (including phenoxy) is 1. The highest BCUT2D eigenvalue weighted by Gasteiger charge is 2.07. The Hall–Kier alpha value is -1.54. The molecule has 0 atom stereocenters. The van der Waals surface area contributed by atoms with E-state index in [1.165, 1.54) is 0 Å². The van der Waals surface area contributed by atoms with Gasteiger partial charge in [-0.05, 0) is 31.2 Å². The van der Waals surface area contributed by atoms with Crippen LogP contribution in [0.5, 0.6) is 5.75 Å². The molecule has 1 heterocycles. The van der Waals surface area contributed by atoms with Crippen molar-refractivity contribution in [2.45, 2.75) is 6.92 Å². The lowest BCUT2D eigenvalue weighted by molar-refractivity contribution is 0.416. The predicted octanol–water partition coefficient (Wildman–Crippen LogP) is 3.72. The number of aromatic nitrogens is 1. The van der Waals surface area contributed by atoms with Gasteiger partial charge in [-0.3, -0.25) is 4.98 Å². The molecule has 0 N–H and O–H groups in total. The van der Waals surface area contributed by atoms with Crippen LogP contribution in [-0.2, 0) is 0 Å². The van der Waals surface area contributed by atoms with Crippen LogP contribution in [0.2, 0.25) is 5.02 Å². The van der Waals surface area contributed by atoms with Gasteiger partial charge >= 0.3 is 0 Å². The van der Waals surface area contributed by atoms with Gasteiger partial charge in [0.2, 0.25) is 0 Å². The number of methoxy groups -OCH3 is 1. The molecule has 0 unspecified atom stereocenters. The van der Waals surface area contributed by atoms with Crippen molar-refractivity contribution >= 4 is 11.6 Å². The number of halogens is 1. The van der Waals surface area contributed by atoms with Crippen LogP contribution in [0.3, 0.4) is 0 Å². The quantitative estimate of drug-likeness (QED) is 0.789. The molecule has 2 rings (SSSR count). The summed E-state index contributed by atoms with van der Waals surface area (Å²) in [7, 11) is 1.65. The summed E-state index contributed by atoms with van der Waals surface area (Å²) in [5, 5.41) is 0.675. The fourth-order valence-corrected chi connectivity index (χ4v) is 1.73. The molecule has 3 heteroatoms. The van der Waals surface area contributed by atoms with Crippen LogP contribution in [0.1, 0.15) is 5.56 Å². The topological polar surface area (TPSA) is 22.1 Å². The lowest BCUT2D eigenvalue weighted by Gasteiger charge is -2.08. The van der Waals surface area contributed by atoms with E-state index in [1.54, 1.807) is 19.4 Å². The molecular weight excluding hydrogens is 222 g/mol. The number of pyridine rings is 1. The highest BCUT2D eigenvalue weighted by molar-refractivity contribution is 6.30. The van der Waals surface area contributed by atoms with Gasteiger partial charge in [0, 0.05) is 16.8 Å². The molecule has 82 valence electrons. The Morgan fingerprint density at radius 3 is 2.69 bits per heavy atom. The van der Waals surface area contributed by atoms with Crippen LogP contribution in [0.4, 0.5) is 0 Å². The van der Waals surface area contributed by atoms with E-state index in [9.17, 15) is 0 Å². The second-order valence-electron chi connectivity index (χ2n) is 3.56. The highest BCUT2D eigenvalue weighted by Crippen LogP contribution is 2.30. The second kappa shape index (κ2) is 4.54. The van der Waals surface area contributed by atoms with Gasteiger partial charge in [-0.1, -0.05) is 23.2 Å². The lowest BCUT2D eigenvalue weighted by atomic mass is 10.1. The zero-order chi connectivity index (χ0) is 11.5. The van der Waals surface area contributed by atoms with E-state index in [2.05, 4.69) is 4.98 Å². The van der Waals surface area contributed by atoms with Crippen molar-refractivity contribution < 1.29 is 4.74 Å². The van der Waals surface area contributed by atoms with Gasteiger partial charge in [0.25, 0.3) is 0 Å². The molecule has 0 aliphatic rings. The smallest absolute Gasteiger partial charge is 0.128 e. The number of benzene rings is 1. The summed E-state index contributed by atoms with van der Waals surface area (Å²) in [6, 6.07) is 9.57. The normalized spacial score (nSPS) is 10.2. The predicted molar refractivity (Wildman–Crippen MR) is 66.0 cm³/mol. The SMILES string of the molecule is COc1ccc(C)cc1-c1cc(Cl)ccn1. The summed E-state index contributed by atoms with van der Waals surface area (Å²) in [6.07, 6.45) is 1.69. The molecule has 0 amide bonds. The molecule has 1 aromatic carbocycles. The van der Waals surface area contributed by atoms with Crippen LogP contribution in [0, 0.1) is 6.92 Å². The minimum Gasteiger partial charge on any atom is -0.496 e. The minimum absolute atomic E-state index is 0.675. The molecule has 2 nitrogen and oxygen atoms in total. The molecule has 2 aromatic rings. The molecular formula is C13H12ClNO. The average molecular weight is 234 g/mol. The molecule has 0 fully saturated rings. The second-order valence-corrected chi connectivity index (χ2v) is 4.00. The van der Waals surface area contributed by atoms with E-state index < -0.39 is 0 Å². The van der Waals surface area contributed by atoms with Crippen molar-refractivity contribution in [2.24, 2.45) is 0 Å². The largest absolute Gasteiger partial charge is 0.496 e. The maximum Gasteiger partial charge on any atom is 0.128 e. The fourth-order valence-electron chi connectivity index (χ4n) is 1.57.